The molecular formula is C12H18NO3PS. The summed E-state index contributed by atoms with van der Waals surface area (Å²) in [7, 11) is 2.92. The lowest BCUT2D eigenvalue weighted by Gasteiger charge is -2.23. The molecule has 1 unspecified atom stereocenters. The Hall–Kier alpha value is -0.740. The number of hydrogen-bond acceptors (Lipinski definition) is 4. The molecule has 0 amide bonds. The van der Waals surface area contributed by atoms with E-state index in [1.807, 2.05) is 30.3 Å². The van der Waals surface area contributed by atoms with Crippen LogP contribution in [0.1, 0.15) is 5.56 Å². The van der Waals surface area contributed by atoms with E-state index >= 15 is 0 Å². The van der Waals surface area contributed by atoms with Gasteiger partial charge in [0.15, 0.2) is 0 Å². The summed E-state index contributed by atoms with van der Waals surface area (Å²) < 4.78 is 10.00. The van der Waals surface area contributed by atoms with Gasteiger partial charge in [-0.1, -0.05) is 42.1 Å². The number of nitrogens with one attached hydrogen (secondary N) is 1. The van der Waals surface area contributed by atoms with Gasteiger partial charge in [-0.3, -0.25) is 9.88 Å². The molecule has 0 aliphatic rings. The Bertz CT molecular complexity index is 438. The smallest absolute Gasteiger partial charge is 0.323 e. The van der Waals surface area contributed by atoms with Gasteiger partial charge in [-0.2, -0.15) is 0 Å². The van der Waals surface area contributed by atoms with Crippen molar-refractivity contribution in [2.45, 2.75) is 12.5 Å². The van der Waals surface area contributed by atoms with Crippen molar-refractivity contribution in [3.05, 3.63) is 35.9 Å². The minimum absolute atomic E-state index is 0.327. The summed E-state index contributed by atoms with van der Waals surface area (Å²) in [5.41, 5.74) is 1.05. The Balaban J connectivity index is 2.80. The van der Waals surface area contributed by atoms with Crippen molar-refractivity contribution < 1.29 is 14.1 Å². The van der Waals surface area contributed by atoms with Crippen LogP contribution in [0.25, 0.3) is 0 Å². The molecule has 0 saturated carbocycles. The average molecular weight is 287 g/mol. The third-order valence-corrected chi connectivity index (χ3v) is 4.75. The number of hydrogen-bond donors (Lipinski definition) is 1. The van der Waals surface area contributed by atoms with Gasteiger partial charge in [0.05, 0.1) is 7.11 Å². The Morgan fingerprint density at radius 3 is 2.50 bits per heavy atom. The first-order chi connectivity index (χ1) is 8.48. The molecule has 2 atom stereocenters. The maximum Gasteiger partial charge on any atom is 0.323 e. The summed E-state index contributed by atoms with van der Waals surface area (Å²) in [4.78, 5) is 11.7. The zero-order valence-electron chi connectivity index (χ0n) is 10.8. The van der Waals surface area contributed by atoms with Crippen LogP contribution in [-0.4, -0.2) is 32.9 Å². The molecule has 0 aliphatic heterocycles. The van der Waals surface area contributed by atoms with Crippen molar-refractivity contribution >= 4 is 24.2 Å². The number of esters is 1. The first-order valence-electron chi connectivity index (χ1n) is 5.51. The molecule has 0 bridgehead atoms. The molecule has 0 aromatic heterocycles. The van der Waals surface area contributed by atoms with Crippen molar-refractivity contribution in [1.82, 2.24) is 5.09 Å². The fourth-order valence-electron chi connectivity index (χ4n) is 1.51. The standard InChI is InChI=1S/C12H18NO3PS/c1-15-12(14)11(13-17(3,18)16-2)9-10-7-5-4-6-8-10/h4-8,11H,9H2,1-3H3,(H,13,18)/t11-,17?/m0/s1. The molecule has 0 radical (unpaired) electrons. The van der Waals surface area contributed by atoms with E-state index in [4.69, 9.17) is 21.1 Å². The van der Waals surface area contributed by atoms with E-state index in [9.17, 15) is 4.79 Å². The monoisotopic (exact) mass is 287 g/mol. The quantitative estimate of drug-likeness (QED) is 0.640. The summed E-state index contributed by atoms with van der Waals surface area (Å²) >= 11 is 5.27. The molecule has 0 heterocycles. The van der Waals surface area contributed by atoms with Gasteiger partial charge in [0, 0.05) is 13.8 Å². The van der Waals surface area contributed by atoms with Crippen LogP contribution < -0.4 is 5.09 Å². The van der Waals surface area contributed by atoms with Gasteiger partial charge in [-0.25, -0.2) is 0 Å². The van der Waals surface area contributed by atoms with E-state index in [0.717, 1.165) is 5.56 Å². The number of carbonyl (C=O) groups excluding carboxylic acids is 1. The van der Waals surface area contributed by atoms with Gasteiger partial charge in [0.1, 0.15) is 12.5 Å². The van der Waals surface area contributed by atoms with E-state index in [0.29, 0.717) is 6.42 Å². The number of methoxy groups -OCH3 is 1. The topological polar surface area (TPSA) is 47.6 Å². The third kappa shape index (κ3) is 4.86. The van der Waals surface area contributed by atoms with Crippen molar-refractivity contribution in [3.8, 4) is 0 Å². The maximum atomic E-state index is 11.7. The highest BCUT2D eigenvalue weighted by Crippen LogP contribution is 2.37. The molecule has 1 N–H and O–H groups in total. The number of benzene rings is 1. The zero-order valence-corrected chi connectivity index (χ0v) is 12.5. The minimum atomic E-state index is -2.15. The fourth-order valence-corrected chi connectivity index (χ4v) is 2.76. The molecule has 6 heteroatoms. The highest BCUT2D eigenvalue weighted by molar-refractivity contribution is 8.11. The highest BCUT2D eigenvalue weighted by Gasteiger charge is 2.24. The molecule has 1 rings (SSSR count). The summed E-state index contributed by atoms with van der Waals surface area (Å²) in [6, 6.07) is 9.24. The van der Waals surface area contributed by atoms with Gasteiger partial charge in [-0.05, 0) is 12.0 Å². The molecule has 4 nitrogen and oxygen atoms in total. The second kappa shape index (κ2) is 7.00. The molecule has 1 aromatic carbocycles. The lowest BCUT2D eigenvalue weighted by atomic mass is 10.1. The number of carbonyl (C=O) groups is 1. The lowest BCUT2D eigenvalue weighted by Crippen LogP contribution is -2.37. The first-order valence-corrected chi connectivity index (χ1v) is 8.68. The Morgan fingerprint density at radius 2 is 2.00 bits per heavy atom. The number of rotatable bonds is 6. The second-order valence-electron chi connectivity index (χ2n) is 3.92. The molecule has 0 aliphatic carbocycles. The van der Waals surface area contributed by atoms with Crippen LogP contribution >= 0.6 is 6.42 Å². The molecule has 0 spiro atoms. The normalized spacial score (nSPS) is 15.7. The highest BCUT2D eigenvalue weighted by atomic mass is 32.4. The number of ether oxygens (including phenoxy) is 1. The Kier molecular flexibility index (Phi) is 5.96. The summed E-state index contributed by atoms with van der Waals surface area (Å²) in [6.45, 7) is 1.79. The Morgan fingerprint density at radius 1 is 1.39 bits per heavy atom. The molecule has 0 fully saturated rings. The average Bonchev–Trinajstić information content (AvgIpc) is 2.38. The summed E-state index contributed by atoms with van der Waals surface area (Å²) in [5, 5.41) is 3.07. The first kappa shape index (κ1) is 15.3. The fraction of sp³-hybridized carbons (Fsp3) is 0.417. The molecular weight excluding hydrogens is 269 g/mol. The molecule has 1 aromatic rings. The van der Waals surface area contributed by atoms with Gasteiger partial charge in [0.2, 0.25) is 0 Å². The zero-order chi connectivity index (χ0) is 13.6. The van der Waals surface area contributed by atoms with Crippen molar-refractivity contribution in [2.75, 3.05) is 20.9 Å². The van der Waals surface area contributed by atoms with Crippen LogP contribution in [0.4, 0.5) is 0 Å². The van der Waals surface area contributed by atoms with Crippen molar-refractivity contribution in [2.24, 2.45) is 0 Å². The van der Waals surface area contributed by atoms with Crippen LogP contribution in [0.15, 0.2) is 30.3 Å². The van der Waals surface area contributed by atoms with Crippen LogP contribution in [0.5, 0.6) is 0 Å². The molecule has 18 heavy (non-hydrogen) atoms. The van der Waals surface area contributed by atoms with Crippen LogP contribution in [-0.2, 0) is 32.3 Å². The van der Waals surface area contributed by atoms with Crippen molar-refractivity contribution in [3.63, 3.8) is 0 Å². The Labute approximate surface area is 113 Å². The van der Waals surface area contributed by atoms with E-state index in [-0.39, 0.29) is 5.97 Å². The minimum Gasteiger partial charge on any atom is -0.468 e. The van der Waals surface area contributed by atoms with E-state index in [2.05, 4.69) is 5.09 Å². The SMILES string of the molecule is COC(=O)[C@H](Cc1ccccc1)NP(C)(=S)OC. The third-order valence-electron chi connectivity index (χ3n) is 2.51. The van der Waals surface area contributed by atoms with Crippen LogP contribution in [0.2, 0.25) is 0 Å². The maximum absolute atomic E-state index is 11.7. The predicted octanol–water partition coefficient (Wildman–Crippen LogP) is 1.95. The van der Waals surface area contributed by atoms with Crippen molar-refractivity contribution in [1.29, 1.82) is 0 Å². The van der Waals surface area contributed by atoms with Gasteiger partial charge < -0.3 is 9.26 Å². The van der Waals surface area contributed by atoms with Gasteiger partial charge >= 0.3 is 5.97 Å². The molecule has 0 saturated heterocycles. The second-order valence-corrected chi connectivity index (χ2v) is 8.33. The van der Waals surface area contributed by atoms with Gasteiger partial charge in [-0.15, -0.1) is 0 Å². The van der Waals surface area contributed by atoms with E-state index < -0.39 is 12.5 Å². The summed E-state index contributed by atoms with van der Waals surface area (Å²) in [6.07, 6.45) is -1.62. The van der Waals surface area contributed by atoms with Gasteiger partial charge in [0.25, 0.3) is 0 Å². The predicted molar refractivity (Wildman–Crippen MR) is 76.3 cm³/mol. The van der Waals surface area contributed by atoms with Crippen LogP contribution in [0.3, 0.4) is 0 Å². The lowest BCUT2D eigenvalue weighted by molar-refractivity contribution is -0.142. The largest absolute Gasteiger partial charge is 0.468 e. The van der Waals surface area contributed by atoms with E-state index in [1.54, 1.807) is 13.8 Å². The molecule has 100 valence electrons. The van der Waals surface area contributed by atoms with Crippen LogP contribution in [0, 0.1) is 0 Å². The summed E-state index contributed by atoms with van der Waals surface area (Å²) in [5.74, 6) is -0.327. The van der Waals surface area contributed by atoms with E-state index in [1.165, 1.54) is 7.11 Å².